The molecule has 1 heterocycles. The van der Waals surface area contributed by atoms with Crippen molar-refractivity contribution < 1.29 is 9.59 Å². The highest BCUT2D eigenvalue weighted by atomic mass is 35.5. The van der Waals surface area contributed by atoms with Gasteiger partial charge in [0.25, 0.3) is 5.91 Å². The van der Waals surface area contributed by atoms with Crippen LogP contribution in [0.3, 0.4) is 0 Å². The Labute approximate surface area is 172 Å². The van der Waals surface area contributed by atoms with E-state index >= 15 is 0 Å². The molecule has 0 spiro atoms. The molecule has 3 aromatic rings. The summed E-state index contributed by atoms with van der Waals surface area (Å²) in [6.07, 6.45) is 0. The third-order valence-electron chi connectivity index (χ3n) is 4.44. The number of nitrogens with zero attached hydrogens (tertiary/aromatic N) is 1. The molecule has 1 aliphatic heterocycles. The molecule has 1 atom stereocenters. The molecule has 28 heavy (non-hydrogen) atoms. The number of hydrogen-bond donors (Lipinski definition) is 1. The Hall–Kier alpha value is -2.76. The van der Waals surface area contributed by atoms with Gasteiger partial charge >= 0.3 is 0 Å². The SMILES string of the molecule is O=C(Nc1ccc([C@H]2SCC(=O)N2c2ccccc2)cc1)c1cccc(Cl)c1. The summed E-state index contributed by atoms with van der Waals surface area (Å²) in [6, 6.07) is 24.1. The lowest BCUT2D eigenvalue weighted by Gasteiger charge is -2.24. The number of amides is 2. The van der Waals surface area contributed by atoms with Crippen LogP contribution in [0.5, 0.6) is 0 Å². The zero-order valence-electron chi connectivity index (χ0n) is 14.8. The molecular formula is C22H17ClN2O2S. The highest BCUT2D eigenvalue weighted by Crippen LogP contribution is 2.41. The second-order valence-electron chi connectivity index (χ2n) is 6.35. The van der Waals surface area contributed by atoms with Gasteiger partial charge in [-0.05, 0) is 48.0 Å². The van der Waals surface area contributed by atoms with Crippen LogP contribution in [-0.2, 0) is 4.79 Å². The first-order valence-electron chi connectivity index (χ1n) is 8.77. The van der Waals surface area contributed by atoms with Crippen LogP contribution < -0.4 is 10.2 Å². The van der Waals surface area contributed by atoms with Crippen LogP contribution in [-0.4, -0.2) is 17.6 Å². The van der Waals surface area contributed by atoms with E-state index in [4.69, 9.17) is 11.6 Å². The summed E-state index contributed by atoms with van der Waals surface area (Å²) in [6.45, 7) is 0. The molecule has 0 saturated carbocycles. The number of para-hydroxylation sites is 1. The second-order valence-corrected chi connectivity index (χ2v) is 7.85. The minimum Gasteiger partial charge on any atom is -0.322 e. The van der Waals surface area contributed by atoms with Crippen molar-refractivity contribution in [2.24, 2.45) is 0 Å². The van der Waals surface area contributed by atoms with Gasteiger partial charge < -0.3 is 5.32 Å². The number of anilines is 2. The zero-order valence-corrected chi connectivity index (χ0v) is 16.4. The van der Waals surface area contributed by atoms with Crippen LogP contribution in [0.4, 0.5) is 11.4 Å². The maximum absolute atomic E-state index is 12.4. The molecule has 0 radical (unpaired) electrons. The van der Waals surface area contributed by atoms with Gasteiger partial charge in [-0.1, -0.05) is 48.0 Å². The number of hydrogen-bond acceptors (Lipinski definition) is 3. The van der Waals surface area contributed by atoms with Crippen molar-refractivity contribution in [2.75, 3.05) is 16.0 Å². The summed E-state index contributed by atoms with van der Waals surface area (Å²) in [5, 5.41) is 3.31. The van der Waals surface area contributed by atoms with Gasteiger partial charge in [0.15, 0.2) is 0 Å². The van der Waals surface area contributed by atoms with Crippen LogP contribution in [0.25, 0.3) is 0 Å². The van der Waals surface area contributed by atoms with Gasteiger partial charge in [-0.3, -0.25) is 14.5 Å². The minimum absolute atomic E-state index is 0.0763. The van der Waals surface area contributed by atoms with Gasteiger partial charge in [-0.15, -0.1) is 11.8 Å². The fourth-order valence-corrected chi connectivity index (χ4v) is 4.47. The Morgan fingerprint density at radius 1 is 1.00 bits per heavy atom. The smallest absolute Gasteiger partial charge is 0.255 e. The number of halogens is 1. The van der Waals surface area contributed by atoms with Crippen molar-refractivity contribution in [3.05, 3.63) is 95.0 Å². The fraction of sp³-hybridized carbons (Fsp3) is 0.0909. The number of thioether (sulfide) groups is 1. The molecule has 1 N–H and O–H groups in total. The molecule has 0 aliphatic carbocycles. The van der Waals surface area contributed by atoms with Crippen molar-refractivity contribution in [1.82, 2.24) is 0 Å². The fourth-order valence-electron chi connectivity index (χ4n) is 3.10. The van der Waals surface area contributed by atoms with E-state index in [1.807, 2.05) is 59.5 Å². The van der Waals surface area contributed by atoms with Crippen molar-refractivity contribution in [2.45, 2.75) is 5.37 Å². The largest absolute Gasteiger partial charge is 0.322 e. The Morgan fingerprint density at radius 2 is 1.75 bits per heavy atom. The summed E-state index contributed by atoms with van der Waals surface area (Å²) in [4.78, 5) is 26.6. The molecule has 1 aliphatic rings. The lowest BCUT2D eigenvalue weighted by molar-refractivity contribution is -0.115. The Morgan fingerprint density at radius 3 is 2.46 bits per heavy atom. The van der Waals surface area contributed by atoms with E-state index < -0.39 is 0 Å². The van der Waals surface area contributed by atoms with Crippen molar-refractivity contribution in [3.8, 4) is 0 Å². The summed E-state index contributed by atoms with van der Waals surface area (Å²) >= 11 is 7.55. The molecular weight excluding hydrogens is 392 g/mol. The first-order valence-corrected chi connectivity index (χ1v) is 10.2. The van der Waals surface area contributed by atoms with E-state index in [0.29, 0.717) is 22.0 Å². The third-order valence-corrected chi connectivity index (χ3v) is 5.89. The van der Waals surface area contributed by atoms with E-state index in [9.17, 15) is 9.59 Å². The van der Waals surface area contributed by atoms with Gasteiger partial charge in [0.05, 0.1) is 5.75 Å². The van der Waals surface area contributed by atoms with E-state index in [1.54, 1.807) is 36.0 Å². The van der Waals surface area contributed by atoms with Crippen LogP contribution in [0.2, 0.25) is 5.02 Å². The predicted octanol–water partition coefficient (Wildman–Crippen LogP) is 5.37. The minimum atomic E-state index is -0.216. The molecule has 4 rings (SSSR count). The Kier molecular flexibility index (Phi) is 5.37. The van der Waals surface area contributed by atoms with Crippen molar-refractivity contribution in [3.63, 3.8) is 0 Å². The average Bonchev–Trinajstić information content (AvgIpc) is 3.10. The first-order chi connectivity index (χ1) is 13.6. The van der Waals surface area contributed by atoms with Crippen molar-refractivity contribution in [1.29, 1.82) is 0 Å². The molecule has 0 unspecified atom stereocenters. The van der Waals surface area contributed by atoms with Gasteiger partial charge in [-0.25, -0.2) is 0 Å². The number of benzene rings is 3. The van der Waals surface area contributed by atoms with Gasteiger partial charge in [-0.2, -0.15) is 0 Å². The molecule has 140 valence electrons. The summed E-state index contributed by atoms with van der Waals surface area (Å²) < 4.78 is 0. The van der Waals surface area contributed by atoms with Crippen LogP contribution >= 0.6 is 23.4 Å². The van der Waals surface area contributed by atoms with Gasteiger partial charge in [0.2, 0.25) is 5.91 Å². The first kappa shape index (κ1) is 18.6. The highest BCUT2D eigenvalue weighted by Gasteiger charge is 2.33. The molecule has 2 amide bonds. The van der Waals surface area contributed by atoms with Crippen LogP contribution in [0.1, 0.15) is 21.3 Å². The molecule has 6 heteroatoms. The van der Waals surface area contributed by atoms with Crippen molar-refractivity contribution >= 4 is 46.6 Å². The van der Waals surface area contributed by atoms with Gasteiger partial charge in [0, 0.05) is 22.0 Å². The average molecular weight is 409 g/mol. The summed E-state index contributed by atoms with van der Waals surface area (Å²) in [7, 11) is 0. The molecule has 3 aromatic carbocycles. The maximum Gasteiger partial charge on any atom is 0.255 e. The van der Waals surface area contributed by atoms with E-state index in [0.717, 1.165) is 11.3 Å². The number of nitrogens with one attached hydrogen (secondary N) is 1. The highest BCUT2D eigenvalue weighted by molar-refractivity contribution is 8.00. The van der Waals surface area contributed by atoms with E-state index in [-0.39, 0.29) is 17.2 Å². The second kappa shape index (κ2) is 8.09. The molecule has 1 fully saturated rings. The standard InChI is InChI=1S/C22H17ClN2O2S/c23-17-6-4-5-16(13-17)21(27)24-18-11-9-15(10-12-18)22-25(20(26)14-28-22)19-7-2-1-3-8-19/h1-13,22H,14H2,(H,24,27)/t22-/m1/s1. The predicted molar refractivity (Wildman–Crippen MR) is 115 cm³/mol. The maximum atomic E-state index is 12.4. The van der Waals surface area contributed by atoms with E-state index in [1.165, 1.54) is 0 Å². The van der Waals surface area contributed by atoms with Crippen LogP contribution in [0.15, 0.2) is 78.9 Å². The number of carbonyl (C=O) groups excluding carboxylic acids is 2. The normalized spacial score (nSPS) is 16.2. The molecule has 4 nitrogen and oxygen atoms in total. The van der Waals surface area contributed by atoms with Crippen LogP contribution in [0, 0.1) is 0 Å². The monoisotopic (exact) mass is 408 g/mol. The molecule has 0 aromatic heterocycles. The Balaban J connectivity index is 1.51. The van der Waals surface area contributed by atoms with E-state index in [2.05, 4.69) is 5.32 Å². The molecule has 0 bridgehead atoms. The quantitative estimate of drug-likeness (QED) is 0.631. The lowest BCUT2D eigenvalue weighted by Crippen LogP contribution is -2.27. The number of rotatable bonds is 4. The molecule has 1 saturated heterocycles. The summed E-state index contributed by atoms with van der Waals surface area (Å²) in [5.41, 5.74) is 3.10. The third kappa shape index (κ3) is 3.91. The topological polar surface area (TPSA) is 49.4 Å². The Bertz CT molecular complexity index is 1010. The number of carbonyl (C=O) groups is 2. The van der Waals surface area contributed by atoms with Gasteiger partial charge in [0.1, 0.15) is 5.37 Å². The lowest BCUT2D eigenvalue weighted by atomic mass is 10.1. The summed E-state index contributed by atoms with van der Waals surface area (Å²) in [5.74, 6) is 0.332. The zero-order chi connectivity index (χ0) is 19.5.